The molecule has 3 aromatic rings. The topological polar surface area (TPSA) is 22.1 Å². The minimum Gasteiger partial charge on any atom is -0.487 e. The van der Waals surface area contributed by atoms with Crippen LogP contribution in [0.5, 0.6) is 5.75 Å². The number of pyridine rings is 1. The molecule has 3 heteroatoms. The van der Waals surface area contributed by atoms with E-state index in [2.05, 4.69) is 17.1 Å². The van der Waals surface area contributed by atoms with Crippen LogP contribution in [0.2, 0.25) is 0 Å². The quantitative estimate of drug-likeness (QED) is 0.530. The van der Waals surface area contributed by atoms with Crippen LogP contribution >= 0.6 is 0 Å². The summed E-state index contributed by atoms with van der Waals surface area (Å²) in [4.78, 5) is 4.64. The monoisotopic (exact) mass is 467 g/mol. The van der Waals surface area contributed by atoms with E-state index in [1.165, 1.54) is 0 Å². The zero-order valence-electron chi connectivity index (χ0n) is 12.0. The molecule has 2 nitrogen and oxygen atoms in total. The summed E-state index contributed by atoms with van der Waals surface area (Å²) in [6.45, 7) is 0.482. The van der Waals surface area contributed by atoms with Crippen molar-refractivity contribution in [2.24, 2.45) is 0 Å². The number of ether oxygens (including phenoxy) is 1. The average molecular weight is 467 g/mol. The van der Waals surface area contributed by atoms with Crippen molar-refractivity contribution in [2.45, 2.75) is 13.0 Å². The van der Waals surface area contributed by atoms with E-state index in [0.717, 1.165) is 29.1 Å². The standard InChI is InChI=1S/C19H16NO.Ir/c1-3-8-16(9-4-1)14-17-10-7-11-18(20-17)15-21-19-12-5-2-6-13-19;/h1-8,10-13H,14-15H2;/q-1;. The van der Waals surface area contributed by atoms with Gasteiger partial charge in [-0.1, -0.05) is 24.3 Å². The second kappa shape index (κ2) is 8.47. The fraction of sp³-hybridized carbons (Fsp3) is 0.105. The number of nitrogens with zero attached hydrogens (tertiary/aromatic N) is 1. The maximum absolute atomic E-state index is 5.73. The average Bonchev–Trinajstić information content (AvgIpc) is 2.55. The molecular formula is C19H16IrNO-. The molecule has 0 aliphatic carbocycles. The SMILES string of the molecule is [Ir].[c-]1ccccc1Cc1cccc(COc2ccccc2)n1. The van der Waals surface area contributed by atoms with Gasteiger partial charge in [-0.05, 0) is 30.7 Å². The molecule has 0 amide bonds. The molecule has 0 atom stereocenters. The predicted octanol–water partition coefficient (Wildman–Crippen LogP) is 4.05. The van der Waals surface area contributed by atoms with Crippen molar-refractivity contribution in [2.75, 3.05) is 0 Å². The van der Waals surface area contributed by atoms with Gasteiger partial charge in [-0.15, -0.1) is 0 Å². The molecule has 0 aliphatic heterocycles. The Bertz CT molecular complexity index is 686. The van der Waals surface area contributed by atoms with Gasteiger partial charge in [0.1, 0.15) is 12.4 Å². The minimum absolute atomic E-state index is 0. The smallest absolute Gasteiger partial charge is 0.130 e. The van der Waals surface area contributed by atoms with E-state index in [-0.39, 0.29) is 20.1 Å². The third-order valence-electron chi connectivity index (χ3n) is 3.14. The predicted molar refractivity (Wildman–Crippen MR) is 83.1 cm³/mol. The molecule has 0 saturated carbocycles. The molecule has 1 heterocycles. The molecule has 0 fully saturated rings. The van der Waals surface area contributed by atoms with Gasteiger partial charge in [-0.3, -0.25) is 4.98 Å². The molecule has 22 heavy (non-hydrogen) atoms. The number of rotatable bonds is 5. The number of benzene rings is 2. The zero-order chi connectivity index (χ0) is 14.3. The third-order valence-corrected chi connectivity index (χ3v) is 3.14. The first-order valence-electron chi connectivity index (χ1n) is 6.98. The Labute approximate surface area is 144 Å². The molecule has 0 N–H and O–H groups in total. The van der Waals surface area contributed by atoms with Gasteiger partial charge >= 0.3 is 0 Å². The first kappa shape index (κ1) is 16.4. The molecule has 0 bridgehead atoms. The third kappa shape index (κ3) is 4.80. The zero-order valence-corrected chi connectivity index (χ0v) is 14.4. The van der Waals surface area contributed by atoms with Crippen LogP contribution in [-0.4, -0.2) is 4.98 Å². The molecule has 0 saturated heterocycles. The normalized spacial score (nSPS) is 9.82. The largest absolute Gasteiger partial charge is 0.487 e. The van der Waals surface area contributed by atoms with E-state index < -0.39 is 0 Å². The molecule has 3 rings (SSSR count). The number of hydrogen-bond donors (Lipinski definition) is 0. The van der Waals surface area contributed by atoms with Crippen molar-refractivity contribution in [1.82, 2.24) is 4.98 Å². The maximum atomic E-state index is 5.73. The Morgan fingerprint density at radius 3 is 2.36 bits per heavy atom. The van der Waals surface area contributed by atoms with E-state index in [1.54, 1.807) is 0 Å². The molecule has 1 aromatic heterocycles. The number of hydrogen-bond acceptors (Lipinski definition) is 2. The van der Waals surface area contributed by atoms with Gasteiger partial charge in [-0.2, -0.15) is 35.9 Å². The van der Waals surface area contributed by atoms with E-state index in [9.17, 15) is 0 Å². The summed E-state index contributed by atoms with van der Waals surface area (Å²) in [5.41, 5.74) is 3.12. The van der Waals surface area contributed by atoms with Crippen LogP contribution < -0.4 is 4.74 Å². The van der Waals surface area contributed by atoms with Gasteiger partial charge in [-0.25, -0.2) is 0 Å². The second-order valence-electron chi connectivity index (χ2n) is 4.79. The Hall–Kier alpha value is -1.96. The number of para-hydroxylation sites is 1. The summed E-state index contributed by atoms with van der Waals surface area (Å²) < 4.78 is 5.73. The van der Waals surface area contributed by atoms with Crippen LogP contribution in [-0.2, 0) is 33.1 Å². The summed E-state index contributed by atoms with van der Waals surface area (Å²) in [6, 6.07) is 27.0. The van der Waals surface area contributed by atoms with E-state index in [0.29, 0.717) is 6.61 Å². The van der Waals surface area contributed by atoms with Crippen LogP contribution in [0.1, 0.15) is 17.0 Å². The molecule has 0 unspecified atom stereocenters. The minimum atomic E-state index is 0. The second-order valence-corrected chi connectivity index (χ2v) is 4.79. The molecular weight excluding hydrogens is 450 g/mol. The fourth-order valence-electron chi connectivity index (χ4n) is 2.12. The van der Waals surface area contributed by atoms with Crippen molar-refractivity contribution in [3.05, 3.63) is 95.8 Å². The van der Waals surface area contributed by atoms with E-state index >= 15 is 0 Å². The Balaban J connectivity index is 0.00000176. The first-order chi connectivity index (χ1) is 10.4. The Morgan fingerprint density at radius 2 is 1.59 bits per heavy atom. The van der Waals surface area contributed by atoms with Gasteiger partial charge in [0, 0.05) is 25.8 Å². The Morgan fingerprint density at radius 1 is 0.818 bits per heavy atom. The van der Waals surface area contributed by atoms with Crippen molar-refractivity contribution in [3.8, 4) is 5.75 Å². The summed E-state index contributed by atoms with van der Waals surface area (Å²) in [6.07, 6.45) is 0.792. The van der Waals surface area contributed by atoms with E-state index in [4.69, 9.17) is 4.74 Å². The van der Waals surface area contributed by atoms with Crippen molar-refractivity contribution in [1.29, 1.82) is 0 Å². The van der Waals surface area contributed by atoms with E-state index in [1.807, 2.05) is 66.7 Å². The van der Waals surface area contributed by atoms with Crippen LogP contribution in [0.4, 0.5) is 0 Å². The fourth-order valence-corrected chi connectivity index (χ4v) is 2.12. The van der Waals surface area contributed by atoms with Crippen molar-refractivity contribution in [3.63, 3.8) is 0 Å². The maximum Gasteiger partial charge on any atom is 0.130 e. The van der Waals surface area contributed by atoms with Crippen LogP contribution in [0.25, 0.3) is 0 Å². The van der Waals surface area contributed by atoms with Gasteiger partial charge < -0.3 is 4.74 Å². The first-order valence-corrected chi connectivity index (χ1v) is 6.98. The van der Waals surface area contributed by atoms with Crippen molar-refractivity contribution >= 4 is 0 Å². The molecule has 2 aromatic carbocycles. The molecule has 113 valence electrons. The molecule has 0 aliphatic rings. The number of aromatic nitrogens is 1. The van der Waals surface area contributed by atoms with Crippen LogP contribution in [0, 0.1) is 6.07 Å². The Kier molecular flexibility index (Phi) is 6.32. The molecule has 0 spiro atoms. The van der Waals surface area contributed by atoms with Gasteiger partial charge in [0.05, 0.1) is 5.69 Å². The summed E-state index contributed by atoms with van der Waals surface area (Å²) in [5.74, 6) is 0.862. The summed E-state index contributed by atoms with van der Waals surface area (Å²) in [5, 5.41) is 0. The summed E-state index contributed by atoms with van der Waals surface area (Å²) in [7, 11) is 0. The van der Waals surface area contributed by atoms with Gasteiger partial charge in [0.25, 0.3) is 0 Å². The summed E-state index contributed by atoms with van der Waals surface area (Å²) >= 11 is 0. The van der Waals surface area contributed by atoms with Crippen molar-refractivity contribution < 1.29 is 24.8 Å². The van der Waals surface area contributed by atoms with Crippen LogP contribution in [0.15, 0.2) is 72.8 Å². The van der Waals surface area contributed by atoms with Gasteiger partial charge in [0.2, 0.25) is 0 Å². The van der Waals surface area contributed by atoms with Crippen LogP contribution in [0.3, 0.4) is 0 Å². The van der Waals surface area contributed by atoms with Gasteiger partial charge in [0.15, 0.2) is 0 Å². The molecule has 1 radical (unpaired) electrons.